The van der Waals surface area contributed by atoms with E-state index in [1.54, 1.807) is 6.08 Å². The maximum atomic E-state index is 3.66. The number of allylic oxidation sites excluding steroid dienone is 3. The van der Waals surface area contributed by atoms with Crippen LogP contribution in [0.5, 0.6) is 0 Å². The van der Waals surface area contributed by atoms with Gasteiger partial charge in [-0.2, -0.15) is 0 Å². The van der Waals surface area contributed by atoms with Crippen molar-refractivity contribution in [3.05, 3.63) is 36.2 Å². The van der Waals surface area contributed by atoms with Crippen molar-refractivity contribution in [1.82, 2.24) is 10.6 Å². The van der Waals surface area contributed by atoms with Gasteiger partial charge in [0.1, 0.15) is 0 Å². The molecule has 0 aromatic rings. The van der Waals surface area contributed by atoms with E-state index >= 15 is 0 Å². The van der Waals surface area contributed by atoms with Crippen molar-refractivity contribution in [2.45, 2.75) is 13.8 Å². The van der Waals surface area contributed by atoms with Crippen LogP contribution >= 0.6 is 0 Å². The molecule has 2 heteroatoms. The Morgan fingerprint density at radius 3 is 2.42 bits per heavy atom. The third kappa shape index (κ3) is 3.28. The zero-order chi connectivity index (χ0) is 9.40. The van der Waals surface area contributed by atoms with Crippen LogP contribution in [-0.4, -0.2) is 13.6 Å². The van der Waals surface area contributed by atoms with Crippen LogP contribution in [0.4, 0.5) is 0 Å². The minimum atomic E-state index is 0.915. The van der Waals surface area contributed by atoms with E-state index in [2.05, 4.69) is 24.1 Å². The van der Waals surface area contributed by atoms with Gasteiger partial charge in [-0.1, -0.05) is 18.7 Å². The van der Waals surface area contributed by atoms with Crippen LogP contribution in [-0.2, 0) is 0 Å². The van der Waals surface area contributed by atoms with Crippen molar-refractivity contribution in [1.29, 1.82) is 0 Å². The number of rotatable bonds is 5. The molecule has 0 rings (SSSR count). The van der Waals surface area contributed by atoms with E-state index in [1.807, 2.05) is 26.1 Å². The molecule has 0 saturated carbocycles. The van der Waals surface area contributed by atoms with E-state index in [4.69, 9.17) is 0 Å². The smallest absolute Gasteiger partial charge is 0.0572 e. The summed E-state index contributed by atoms with van der Waals surface area (Å²) >= 11 is 0. The fourth-order valence-corrected chi connectivity index (χ4v) is 0.987. The molecule has 0 radical (unpaired) electrons. The molecule has 0 aliphatic heterocycles. The quantitative estimate of drug-likeness (QED) is 0.608. The van der Waals surface area contributed by atoms with Gasteiger partial charge < -0.3 is 10.6 Å². The van der Waals surface area contributed by atoms with Crippen LogP contribution in [0, 0.1) is 0 Å². The average Bonchev–Trinajstić information content (AvgIpc) is 2.07. The molecular weight excluding hydrogens is 148 g/mol. The Bertz CT molecular complexity index is 190. The van der Waals surface area contributed by atoms with Gasteiger partial charge in [-0.3, -0.25) is 0 Å². The Morgan fingerprint density at radius 2 is 2.08 bits per heavy atom. The molecule has 0 spiro atoms. The third-order valence-corrected chi connectivity index (χ3v) is 1.50. The zero-order valence-corrected chi connectivity index (χ0v) is 8.15. The van der Waals surface area contributed by atoms with Crippen molar-refractivity contribution < 1.29 is 0 Å². The van der Waals surface area contributed by atoms with Crippen LogP contribution in [0.1, 0.15) is 13.8 Å². The van der Waals surface area contributed by atoms with Gasteiger partial charge in [0.15, 0.2) is 0 Å². The fraction of sp³-hybridized carbons (Fsp3) is 0.400. The molecule has 0 heterocycles. The summed E-state index contributed by atoms with van der Waals surface area (Å²) in [5.74, 6) is 0. The van der Waals surface area contributed by atoms with Gasteiger partial charge >= 0.3 is 0 Å². The van der Waals surface area contributed by atoms with Crippen molar-refractivity contribution >= 4 is 0 Å². The third-order valence-electron chi connectivity index (χ3n) is 1.50. The summed E-state index contributed by atoms with van der Waals surface area (Å²) in [6.07, 6.45) is 5.76. The van der Waals surface area contributed by atoms with Gasteiger partial charge in [-0.05, 0) is 19.9 Å². The molecule has 12 heavy (non-hydrogen) atoms. The Labute approximate surface area is 75.1 Å². The summed E-state index contributed by atoms with van der Waals surface area (Å²) in [5, 5.41) is 6.35. The summed E-state index contributed by atoms with van der Waals surface area (Å²) < 4.78 is 0. The van der Waals surface area contributed by atoms with E-state index in [0.29, 0.717) is 0 Å². The lowest BCUT2D eigenvalue weighted by Gasteiger charge is -2.11. The van der Waals surface area contributed by atoms with Gasteiger partial charge in [0.25, 0.3) is 0 Å². The highest BCUT2D eigenvalue weighted by Crippen LogP contribution is 2.01. The Hall–Kier alpha value is -1.18. The minimum Gasteiger partial charge on any atom is -0.387 e. The van der Waals surface area contributed by atoms with E-state index in [1.165, 1.54) is 0 Å². The lowest BCUT2D eigenvalue weighted by Crippen LogP contribution is -2.20. The lowest BCUT2D eigenvalue weighted by molar-refractivity contribution is 0.825. The summed E-state index contributed by atoms with van der Waals surface area (Å²) in [6.45, 7) is 8.65. The van der Waals surface area contributed by atoms with E-state index in [0.717, 1.165) is 17.9 Å². The summed E-state index contributed by atoms with van der Waals surface area (Å²) in [4.78, 5) is 0. The van der Waals surface area contributed by atoms with Gasteiger partial charge in [0.05, 0.1) is 11.4 Å². The Balaban J connectivity index is 4.48. The lowest BCUT2D eigenvalue weighted by atomic mass is 10.2. The van der Waals surface area contributed by atoms with Gasteiger partial charge in [-0.15, -0.1) is 0 Å². The average molecular weight is 166 g/mol. The molecule has 0 amide bonds. The van der Waals surface area contributed by atoms with Crippen LogP contribution in [0.15, 0.2) is 36.2 Å². The fourth-order valence-electron chi connectivity index (χ4n) is 0.987. The van der Waals surface area contributed by atoms with Gasteiger partial charge in [0, 0.05) is 13.6 Å². The molecule has 0 saturated heterocycles. The van der Waals surface area contributed by atoms with Crippen molar-refractivity contribution in [2.24, 2.45) is 0 Å². The second kappa shape index (κ2) is 6.53. The molecule has 0 bridgehead atoms. The first-order valence-corrected chi connectivity index (χ1v) is 4.21. The first kappa shape index (κ1) is 10.8. The van der Waals surface area contributed by atoms with E-state index in [9.17, 15) is 0 Å². The van der Waals surface area contributed by atoms with Crippen molar-refractivity contribution in [3.63, 3.8) is 0 Å². The highest BCUT2D eigenvalue weighted by atomic mass is 14.9. The molecule has 0 aromatic heterocycles. The van der Waals surface area contributed by atoms with Crippen LogP contribution in [0.2, 0.25) is 0 Å². The predicted molar refractivity (Wildman–Crippen MR) is 54.8 cm³/mol. The highest BCUT2D eigenvalue weighted by molar-refractivity contribution is 5.29. The second-order valence-electron chi connectivity index (χ2n) is 2.30. The number of hydrogen-bond donors (Lipinski definition) is 2. The molecule has 0 atom stereocenters. The largest absolute Gasteiger partial charge is 0.387 e. The zero-order valence-electron chi connectivity index (χ0n) is 8.15. The van der Waals surface area contributed by atoms with Crippen LogP contribution in [0.3, 0.4) is 0 Å². The first-order valence-electron chi connectivity index (χ1n) is 4.21. The van der Waals surface area contributed by atoms with E-state index < -0.39 is 0 Å². The number of likely N-dealkylation sites (N-methyl/N-ethyl adjacent to an activating group) is 2. The normalized spacial score (nSPS) is 12.6. The minimum absolute atomic E-state index is 0.915. The SMILES string of the molecule is C=C/C=C(NCC)\C(=C/C)NC. The Morgan fingerprint density at radius 1 is 1.42 bits per heavy atom. The Kier molecular flexibility index (Phi) is 5.88. The van der Waals surface area contributed by atoms with Gasteiger partial charge in [0.2, 0.25) is 0 Å². The van der Waals surface area contributed by atoms with Crippen LogP contribution < -0.4 is 10.6 Å². The molecular formula is C10H18N2. The van der Waals surface area contributed by atoms with E-state index in [-0.39, 0.29) is 0 Å². The first-order chi connectivity index (χ1) is 5.79. The maximum absolute atomic E-state index is 3.66. The van der Waals surface area contributed by atoms with Crippen molar-refractivity contribution in [2.75, 3.05) is 13.6 Å². The van der Waals surface area contributed by atoms with Crippen LogP contribution in [0.25, 0.3) is 0 Å². The van der Waals surface area contributed by atoms with Crippen molar-refractivity contribution in [3.8, 4) is 0 Å². The monoisotopic (exact) mass is 166 g/mol. The molecule has 2 nitrogen and oxygen atoms in total. The molecule has 0 aliphatic carbocycles. The van der Waals surface area contributed by atoms with Gasteiger partial charge in [-0.25, -0.2) is 0 Å². The standard InChI is InChI=1S/C10H18N2/c1-5-8-10(12-7-3)9(6-2)11-4/h5-6,8,11-12H,1,7H2,2-4H3/b9-6+,10-8+. The topological polar surface area (TPSA) is 24.1 Å². The molecule has 0 aromatic carbocycles. The summed E-state index contributed by atoms with van der Waals surface area (Å²) in [7, 11) is 1.91. The molecule has 2 N–H and O–H groups in total. The summed E-state index contributed by atoms with van der Waals surface area (Å²) in [6, 6.07) is 0. The maximum Gasteiger partial charge on any atom is 0.0572 e. The highest BCUT2D eigenvalue weighted by Gasteiger charge is 1.97. The molecule has 68 valence electrons. The molecule has 0 aliphatic rings. The molecule has 0 unspecified atom stereocenters. The molecule has 0 fully saturated rings. The predicted octanol–water partition coefficient (Wildman–Crippen LogP) is 1.79. The second-order valence-corrected chi connectivity index (χ2v) is 2.30. The number of hydrogen-bond acceptors (Lipinski definition) is 2. The number of nitrogens with one attached hydrogen (secondary N) is 2. The summed E-state index contributed by atoms with van der Waals surface area (Å²) in [5.41, 5.74) is 2.18.